The number of thiazole rings is 1. The van der Waals surface area contributed by atoms with Crippen molar-refractivity contribution in [1.29, 1.82) is 0 Å². The smallest absolute Gasteiger partial charge is 0.231 e. The molecule has 2 amide bonds. The zero-order valence-electron chi connectivity index (χ0n) is 13.2. The van der Waals surface area contributed by atoms with Gasteiger partial charge in [0.2, 0.25) is 11.8 Å². The van der Waals surface area contributed by atoms with Crippen molar-refractivity contribution < 1.29 is 9.59 Å². The molecule has 6 heteroatoms. The van der Waals surface area contributed by atoms with Gasteiger partial charge in [-0.25, -0.2) is 4.98 Å². The predicted octanol–water partition coefficient (Wildman–Crippen LogP) is 2.85. The van der Waals surface area contributed by atoms with E-state index in [-0.39, 0.29) is 23.7 Å². The van der Waals surface area contributed by atoms with Crippen molar-refractivity contribution in [2.45, 2.75) is 45.4 Å². The molecular weight excluding hydrogens is 298 g/mol. The largest absolute Gasteiger partial charge is 0.342 e. The fourth-order valence-corrected chi connectivity index (χ4v) is 3.67. The second-order valence-corrected chi connectivity index (χ2v) is 7.48. The number of hydrogen-bond donors (Lipinski definition) is 1. The van der Waals surface area contributed by atoms with Crippen LogP contribution in [0.5, 0.6) is 0 Å². The number of nitrogens with zero attached hydrogens (tertiary/aromatic N) is 2. The van der Waals surface area contributed by atoms with E-state index in [9.17, 15) is 9.59 Å². The zero-order chi connectivity index (χ0) is 15.7. The molecule has 0 spiro atoms. The third-order valence-electron chi connectivity index (χ3n) is 4.37. The maximum atomic E-state index is 12.4. The number of piperidine rings is 1. The lowest BCUT2D eigenvalue weighted by Crippen LogP contribution is -2.44. The van der Waals surface area contributed by atoms with Gasteiger partial charge in [-0.1, -0.05) is 13.8 Å². The van der Waals surface area contributed by atoms with Gasteiger partial charge in [-0.3, -0.25) is 9.59 Å². The molecule has 0 aromatic carbocycles. The molecule has 1 N–H and O–H groups in total. The molecule has 1 atom stereocenters. The Morgan fingerprint density at radius 3 is 2.73 bits per heavy atom. The molecule has 1 aromatic rings. The van der Waals surface area contributed by atoms with Crippen LogP contribution in [0.3, 0.4) is 0 Å². The Hall–Kier alpha value is -1.43. The number of aromatic nitrogens is 1. The van der Waals surface area contributed by atoms with E-state index in [2.05, 4.69) is 24.1 Å². The minimum absolute atomic E-state index is 0.00190. The fourth-order valence-electron chi connectivity index (χ4n) is 2.80. The number of anilines is 1. The maximum Gasteiger partial charge on any atom is 0.231 e. The minimum Gasteiger partial charge on any atom is -0.342 e. The van der Waals surface area contributed by atoms with E-state index in [1.54, 1.807) is 0 Å². The summed E-state index contributed by atoms with van der Waals surface area (Å²) in [6.07, 6.45) is 3.79. The second kappa shape index (κ2) is 6.36. The molecule has 1 saturated carbocycles. The van der Waals surface area contributed by atoms with E-state index in [0.717, 1.165) is 37.9 Å². The molecule has 5 nitrogen and oxygen atoms in total. The van der Waals surface area contributed by atoms with E-state index in [0.29, 0.717) is 17.6 Å². The number of amides is 2. The number of carbonyl (C=O) groups excluding carboxylic acids is 2. The Labute approximate surface area is 135 Å². The number of hydrogen-bond acceptors (Lipinski definition) is 4. The molecule has 2 fully saturated rings. The topological polar surface area (TPSA) is 62.3 Å². The Balaban J connectivity index is 1.57. The summed E-state index contributed by atoms with van der Waals surface area (Å²) >= 11 is 1.47. The molecule has 2 heterocycles. The lowest BCUT2D eigenvalue weighted by molar-refractivity contribution is -0.135. The van der Waals surface area contributed by atoms with Crippen LogP contribution >= 0.6 is 11.3 Å². The molecule has 3 rings (SSSR count). The average molecular weight is 321 g/mol. The highest BCUT2D eigenvalue weighted by molar-refractivity contribution is 7.13. The van der Waals surface area contributed by atoms with Crippen molar-refractivity contribution in [2.24, 2.45) is 11.8 Å². The molecule has 0 radical (unpaired) electrons. The number of rotatable bonds is 4. The van der Waals surface area contributed by atoms with Crippen LogP contribution in [-0.4, -0.2) is 34.8 Å². The lowest BCUT2D eigenvalue weighted by atomic mass is 9.97. The maximum absolute atomic E-state index is 12.4. The Morgan fingerprint density at radius 2 is 2.09 bits per heavy atom. The molecule has 22 heavy (non-hydrogen) atoms. The SMILES string of the molecule is CC(C)c1csc(NC(=O)C2CCCN(C(=O)C3CC3)C2)n1. The van der Waals surface area contributed by atoms with Crippen molar-refractivity contribution in [3.8, 4) is 0 Å². The summed E-state index contributed by atoms with van der Waals surface area (Å²) in [5.41, 5.74) is 1.01. The van der Waals surface area contributed by atoms with Crippen molar-refractivity contribution in [1.82, 2.24) is 9.88 Å². The van der Waals surface area contributed by atoms with Crippen LogP contribution in [0.15, 0.2) is 5.38 Å². The second-order valence-electron chi connectivity index (χ2n) is 6.62. The zero-order valence-corrected chi connectivity index (χ0v) is 14.0. The van der Waals surface area contributed by atoms with Gasteiger partial charge in [-0.15, -0.1) is 11.3 Å². The van der Waals surface area contributed by atoms with Gasteiger partial charge >= 0.3 is 0 Å². The number of likely N-dealkylation sites (tertiary alicyclic amines) is 1. The Morgan fingerprint density at radius 1 is 1.32 bits per heavy atom. The van der Waals surface area contributed by atoms with Gasteiger partial charge in [0.15, 0.2) is 5.13 Å². The summed E-state index contributed by atoms with van der Waals surface area (Å²) in [5.74, 6) is 0.729. The molecule has 1 unspecified atom stereocenters. The molecule has 1 aliphatic carbocycles. The first-order valence-corrected chi connectivity index (χ1v) is 8.97. The van der Waals surface area contributed by atoms with Crippen LogP contribution in [0, 0.1) is 11.8 Å². The van der Waals surface area contributed by atoms with E-state index in [1.807, 2.05) is 10.3 Å². The van der Waals surface area contributed by atoms with Gasteiger partial charge in [0.25, 0.3) is 0 Å². The van der Waals surface area contributed by atoms with Gasteiger partial charge in [0, 0.05) is 24.4 Å². The normalized spacial score (nSPS) is 22.0. The lowest BCUT2D eigenvalue weighted by Gasteiger charge is -2.32. The van der Waals surface area contributed by atoms with Crippen LogP contribution in [0.1, 0.15) is 51.1 Å². The van der Waals surface area contributed by atoms with Gasteiger partial charge in [0.05, 0.1) is 11.6 Å². The molecule has 1 aromatic heterocycles. The Kier molecular flexibility index (Phi) is 4.47. The summed E-state index contributed by atoms with van der Waals surface area (Å²) in [6.45, 7) is 5.53. The molecule has 1 aliphatic heterocycles. The summed E-state index contributed by atoms with van der Waals surface area (Å²) in [4.78, 5) is 30.9. The Bertz CT molecular complexity index is 565. The highest BCUT2D eigenvalue weighted by atomic mass is 32.1. The summed E-state index contributed by atoms with van der Waals surface area (Å²) < 4.78 is 0. The highest BCUT2D eigenvalue weighted by Crippen LogP contribution is 2.32. The third-order valence-corrected chi connectivity index (χ3v) is 5.15. The summed E-state index contributed by atoms with van der Waals surface area (Å²) in [6, 6.07) is 0. The van der Waals surface area contributed by atoms with Crippen molar-refractivity contribution in [2.75, 3.05) is 18.4 Å². The van der Waals surface area contributed by atoms with Crippen molar-refractivity contribution in [3.63, 3.8) is 0 Å². The number of carbonyl (C=O) groups is 2. The van der Waals surface area contributed by atoms with Crippen LogP contribution < -0.4 is 5.32 Å². The fraction of sp³-hybridized carbons (Fsp3) is 0.688. The first kappa shape index (κ1) is 15.5. The van der Waals surface area contributed by atoms with Gasteiger partial charge in [-0.2, -0.15) is 0 Å². The van der Waals surface area contributed by atoms with Crippen LogP contribution in [0.25, 0.3) is 0 Å². The molecule has 2 aliphatic rings. The summed E-state index contributed by atoms with van der Waals surface area (Å²) in [7, 11) is 0. The monoisotopic (exact) mass is 321 g/mol. The first-order chi connectivity index (χ1) is 10.5. The van der Waals surface area contributed by atoms with E-state index in [1.165, 1.54) is 11.3 Å². The van der Waals surface area contributed by atoms with Crippen LogP contribution in [0.2, 0.25) is 0 Å². The van der Waals surface area contributed by atoms with Gasteiger partial charge in [0.1, 0.15) is 0 Å². The molecule has 120 valence electrons. The predicted molar refractivity (Wildman–Crippen MR) is 86.9 cm³/mol. The number of nitrogens with one attached hydrogen (secondary N) is 1. The molecular formula is C16H23N3O2S. The van der Waals surface area contributed by atoms with Gasteiger partial charge < -0.3 is 10.2 Å². The third kappa shape index (κ3) is 3.48. The highest BCUT2D eigenvalue weighted by Gasteiger charge is 2.36. The quantitative estimate of drug-likeness (QED) is 0.927. The van der Waals surface area contributed by atoms with E-state index >= 15 is 0 Å². The van der Waals surface area contributed by atoms with Crippen molar-refractivity contribution >= 4 is 28.3 Å². The first-order valence-electron chi connectivity index (χ1n) is 8.09. The van der Waals surface area contributed by atoms with Crippen molar-refractivity contribution in [3.05, 3.63) is 11.1 Å². The standard InChI is InChI=1S/C16H23N3O2S/c1-10(2)13-9-22-16(17-13)18-14(20)12-4-3-7-19(8-12)15(21)11-5-6-11/h9-12H,3-8H2,1-2H3,(H,17,18,20). The van der Waals surface area contributed by atoms with Crippen LogP contribution in [0.4, 0.5) is 5.13 Å². The van der Waals surface area contributed by atoms with Gasteiger partial charge in [-0.05, 0) is 31.6 Å². The van der Waals surface area contributed by atoms with E-state index < -0.39 is 0 Å². The average Bonchev–Trinajstić information content (AvgIpc) is 3.26. The van der Waals surface area contributed by atoms with Crippen LogP contribution in [-0.2, 0) is 9.59 Å². The summed E-state index contributed by atoms with van der Waals surface area (Å²) in [5, 5.41) is 5.58. The van der Waals surface area contributed by atoms with E-state index in [4.69, 9.17) is 0 Å². The minimum atomic E-state index is -0.108. The molecule has 1 saturated heterocycles. The molecule has 0 bridgehead atoms.